The number of amides is 1. The lowest BCUT2D eigenvalue weighted by atomic mass is 10.3. The van der Waals surface area contributed by atoms with Gasteiger partial charge in [-0.05, 0) is 17.7 Å². The van der Waals surface area contributed by atoms with Crippen molar-refractivity contribution >= 4 is 6.09 Å². The number of carbonyl (C=O) groups is 1. The van der Waals surface area contributed by atoms with Crippen molar-refractivity contribution in [3.05, 3.63) is 30.1 Å². The molecule has 1 rings (SSSR count). The highest BCUT2D eigenvalue weighted by Crippen LogP contribution is 1.99. The van der Waals surface area contributed by atoms with Crippen LogP contribution in [0.15, 0.2) is 24.5 Å². The summed E-state index contributed by atoms with van der Waals surface area (Å²) in [7, 11) is 3.30. The zero-order chi connectivity index (χ0) is 9.68. The molecule has 0 atom stereocenters. The predicted molar refractivity (Wildman–Crippen MR) is 48.1 cm³/mol. The van der Waals surface area contributed by atoms with Gasteiger partial charge in [-0.25, -0.2) is 4.79 Å². The van der Waals surface area contributed by atoms with Gasteiger partial charge in [0.2, 0.25) is 0 Å². The van der Waals surface area contributed by atoms with Crippen LogP contribution in [-0.2, 0) is 11.3 Å². The number of rotatable bonds is 2. The maximum Gasteiger partial charge on any atom is 0.409 e. The average Bonchev–Trinajstić information content (AvgIpc) is 2.15. The van der Waals surface area contributed by atoms with Crippen molar-refractivity contribution in [1.29, 1.82) is 0 Å². The molecule has 0 bridgehead atoms. The number of nitrogens with zero attached hydrogens (tertiary/aromatic N) is 2. The van der Waals surface area contributed by atoms with E-state index in [4.69, 9.17) is 4.74 Å². The molecule has 0 radical (unpaired) electrons. The highest BCUT2D eigenvalue weighted by Gasteiger charge is 2.03. The number of hydrogen-bond donors (Lipinski definition) is 0. The fourth-order valence-electron chi connectivity index (χ4n) is 0.753. The molecule has 0 spiro atoms. The van der Waals surface area contributed by atoms with Crippen LogP contribution in [0, 0.1) is 0 Å². The molecule has 0 N–H and O–H groups in total. The Kier molecular flexibility index (Phi) is 3.25. The van der Waals surface area contributed by atoms with E-state index in [0.717, 1.165) is 5.56 Å². The van der Waals surface area contributed by atoms with Gasteiger partial charge in [-0.15, -0.1) is 0 Å². The Morgan fingerprint density at radius 1 is 1.46 bits per heavy atom. The van der Waals surface area contributed by atoms with Gasteiger partial charge < -0.3 is 9.64 Å². The Balaban J connectivity index is 2.40. The van der Waals surface area contributed by atoms with Crippen molar-refractivity contribution in [2.24, 2.45) is 0 Å². The standard InChI is InChI=1S/C9H12N2O2/c1-11(2)9(12)13-7-8-3-5-10-6-4-8/h3-6H,7H2,1-2H3. The monoisotopic (exact) mass is 180 g/mol. The average molecular weight is 180 g/mol. The lowest BCUT2D eigenvalue weighted by Gasteiger charge is -2.10. The van der Waals surface area contributed by atoms with Crippen molar-refractivity contribution in [1.82, 2.24) is 9.88 Å². The van der Waals surface area contributed by atoms with Gasteiger partial charge in [0, 0.05) is 26.5 Å². The van der Waals surface area contributed by atoms with Gasteiger partial charge in [-0.2, -0.15) is 0 Å². The Morgan fingerprint density at radius 2 is 2.08 bits per heavy atom. The molecule has 0 aliphatic rings. The largest absolute Gasteiger partial charge is 0.445 e. The highest BCUT2D eigenvalue weighted by atomic mass is 16.6. The van der Waals surface area contributed by atoms with Gasteiger partial charge in [0.25, 0.3) is 0 Å². The topological polar surface area (TPSA) is 42.4 Å². The third-order valence-electron chi connectivity index (χ3n) is 1.48. The van der Waals surface area contributed by atoms with Gasteiger partial charge in [-0.1, -0.05) is 0 Å². The first-order valence-electron chi connectivity index (χ1n) is 3.93. The van der Waals surface area contributed by atoms with E-state index in [-0.39, 0.29) is 6.09 Å². The van der Waals surface area contributed by atoms with E-state index in [1.165, 1.54) is 4.90 Å². The minimum absolute atomic E-state index is 0.291. The molecule has 70 valence electrons. The number of carbonyl (C=O) groups excluding carboxylic acids is 1. The summed E-state index contributed by atoms with van der Waals surface area (Å²) >= 11 is 0. The van der Waals surface area contributed by atoms with Crippen LogP contribution in [0.5, 0.6) is 0 Å². The Morgan fingerprint density at radius 3 is 2.62 bits per heavy atom. The van der Waals surface area contributed by atoms with Gasteiger partial charge >= 0.3 is 6.09 Å². The third-order valence-corrected chi connectivity index (χ3v) is 1.48. The lowest BCUT2D eigenvalue weighted by Crippen LogP contribution is -2.22. The first-order valence-corrected chi connectivity index (χ1v) is 3.93. The summed E-state index contributed by atoms with van der Waals surface area (Å²) < 4.78 is 4.95. The van der Waals surface area contributed by atoms with Gasteiger partial charge in [0.15, 0.2) is 0 Å². The van der Waals surface area contributed by atoms with Crippen LogP contribution in [0.25, 0.3) is 0 Å². The molecule has 1 aromatic heterocycles. The minimum Gasteiger partial charge on any atom is -0.445 e. The van der Waals surface area contributed by atoms with Crippen molar-refractivity contribution in [2.45, 2.75) is 6.61 Å². The van der Waals surface area contributed by atoms with E-state index < -0.39 is 0 Å². The smallest absolute Gasteiger partial charge is 0.409 e. The maximum absolute atomic E-state index is 11.0. The molecule has 0 saturated heterocycles. The third kappa shape index (κ3) is 3.11. The normalized spacial score (nSPS) is 9.38. The lowest BCUT2D eigenvalue weighted by molar-refractivity contribution is 0.112. The summed E-state index contributed by atoms with van der Waals surface area (Å²) in [6, 6.07) is 3.62. The van der Waals surface area contributed by atoms with Crippen LogP contribution in [0.3, 0.4) is 0 Å². The van der Waals surface area contributed by atoms with E-state index in [9.17, 15) is 4.79 Å². The molecule has 0 saturated carbocycles. The Hall–Kier alpha value is -1.58. The molecular formula is C9H12N2O2. The summed E-state index contributed by atoms with van der Waals surface area (Å²) in [5.41, 5.74) is 0.935. The molecule has 4 heteroatoms. The molecule has 0 fully saturated rings. The molecule has 1 heterocycles. The van der Waals surface area contributed by atoms with Crippen LogP contribution >= 0.6 is 0 Å². The second kappa shape index (κ2) is 4.45. The van der Waals surface area contributed by atoms with E-state index in [1.807, 2.05) is 12.1 Å². The second-order valence-electron chi connectivity index (χ2n) is 2.80. The van der Waals surface area contributed by atoms with Crippen LogP contribution in [-0.4, -0.2) is 30.1 Å². The van der Waals surface area contributed by atoms with Crippen LogP contribution in [0.4, 0.5) is 4.79 Å². The minimum atomic E-state index is -0.336. The van der Waals surface area contributed by atoms with Crippen molar-refractivity contribution < 1.29 is 9.53 Å². The van der Waals surface area contributed by atoms with E-state index in [0.29, 0.717) is 6.61 Å². The van der Waals surface area contributed by atoms with Gasteiger partial charge in [-0.3, -0.25) is 4.98 Å². The SMILES string of the molecule is CN(C)C(=O)OCc1ccncc1. The summed E-state index contributed by atoms with van der Waals surface area (Å²) in [5.74, 6) is 0. The maximum atomic E-state index is 11.0. The fraction of sp³-hybridized carbons (Fsp3) is 0.333. The van der Waals surface area contributed by atoms with Crippen molar-refractivity contribution in [3.63, 3.8) is 0 Å². The molecule has 0 unspecified atom stereocenters. The number of ether oxygens (including phenoxy) is 1. The zero-order valence-corrected chi connectivity index (χ0v) is 7.73. The molecule has 0 aliphatic heterocycles. The molecule has 0 aromatic carbocycles. The van der Waals surface area contributed by atoms with E-state index in [1.54, 1.807) is 26.5 Å². The Labute approximate surface area is 77.1 Å². The first-order chi connectivity index (χ1) is 6.20. The molecule has 4 nitrogen and oxygen atoms in total. The van der Waals surface area contributed by atoms with Crippen LogP contribution in [0.1, 0.15) is 5.56 Å². The fourth-order valence-corrected chi connectivity index (χ4v) is 0.753. The molecule has 1 aromatic rings. The van der Waals surface area contributed by atoms with Gasteiger partial charge in [0.1, 0.15) is 6.61 Å². The van der Waals surface area contributed by atoms with Crippen LogP contribution < -0.4 is 0 Å². The molecule has 0 aliphatic carbocycles. The van der Waals surface area contributed by atoms with Crippen molar-refractivity contribution in [3.8, 4) is 0 Å². The van der Waals surface area contributed by atoms with E-state index >= 15 is 0 Å². The molecule has 1 amide bonds. The van der Waals surface area contributed by atoms with Gasteiger partial charge in [0.05, 0.1) is 0 Å². The summed E-state index contributed by atoms with van der Waals surface area (Å²) in [5, 5.41) is 0. The second-order valence-corrected chi connectivity index (χ2v) is 2.80. The van der Waals surface area contributed by atoms with E-state index in [2.05, 4.69) is 4.98 Å². The summed E-state index contributed by atoms with van der Waals surface area (Å²) in [4.78, 5) is 16.3. The Bertz CT molecular complexity index is 272. The van der Waals surface area contributed by atoms with Crippen LogP contribution in [0.2, 0.25) is 0 Å². The highest BCUT2D eigenvalue weighted by molar-refractivity contribution is 5.66. The number of hydrogen-bond acceptors (Lipinski definition) is 3. The summed E-state index contributed by atoms with van der Waals surface area (Å²) in [6.07, 6.45) is 2.99. The number of aromatic nitrogens is 1. The molecule has 13 heavy (non-hydrogen) atoms. The summed E-state index contributed by atoms with van der Waals surface area (Å²) in [6.45, 7) is 0.291. The first kappa shape index (κ1) is 9.51. The number of pyridine rings is 1. The predicted octanol–water partition coefficient (Wildman–Crippen LogP) is 1.28. The zero-order valence-electron chi connectivity index (χ0n) is 7.73. The quantitative estimate of drug-likeness (QED) is 0.688. The molecular weight excluding hydrogens is 168 g/mol. The van der Waals surface area contributed by atoms with Crippen molar-refractivity contribution in [2.75, 3.05) is 14.1 Å².